The van der Waals surface area contributed by atoms with Gasteiger partial charge in [0.25, 0.3) is 0 Å². The van der Waals surface area contributed by atoms with E-state index in [0.29, 0.717) is 29.6 Å². The fourth-order valence-corrected chi connectivity index (χ4v) is 2.73. The van der Waals surface area contributed by atoms with Crippen LogP contribution in [0.1, 0.15) is 31.7 Å². The van der Waals surface area contributed by atoms with Crippen molar-refractivity contribution >= 4 is 18.4 Å². The van der Waals surface area contributed by atoms with Crippen LogP contribution < -0.4 is 14.2 Å². The lowest BCUT2D eigenvalue weighted by Gasteiger charge is -2.11. The van der Waals surface area contributed by atoms with Crippen LogP contribution >= 0.6 is 12.2 Å². The van der Waals surface area contributed by atoms with Crippen molar-refractivity contribution in [3.05, 3.63) is 64.7 Å². The first kappa shape index (κ1) is 20.6. The van der Waals surface area contributed by atoms with Crippen LogP contribution in [0.5, 0.6) is 17.2 Å². The average Bonchev–Trinajstić information content (AvgIpc) is 3.10. The number of H-pyrrole nitrogens is 1. The van der Waals surface area contributed by atoms with Gasteiger partial charge in [-0.05, 0) is 61.5 Å². The summed E-state index contributed by atoms with van der Waals surface area (Å²) in [7, 11) is 0. The maximum atomic E-state index is 5.74. The molecule has 0 amide bonds. The Morgan fingerprint density at radius 3 is 2.66 bits per heavy atom. The van der Waals surface area contributed by atoms with E-state index in [1.54, 1.807) is 10.9 Å². The molecule has 0 bridgehead atoms. The smallest absolute Gasteiger partial charge is 0.216 e. The van der Waals surface area contributed by atoms with Gasteiger partial charge < -0.3 is 14.2 Å². The van der Waals surface area contributed by atoms with Gasteiger partial charge in [-0.1, -0.05) is 25.1 Å². The molecule has 2 aromatic carbocycles. The first-order chi connectivity index (χ1) is 14.2. The molecular weight excluding hydrogens is 388 g/mol. The lowest BCUT2D eigenvalue weighted by atomic mass is 10.2. The fraction of sp³-hybridized carbons (Fsp3) is 0.286. The Bertz CT molecular complexity index is 999. The molecule has 1 aromatic heterocycles. The third kappa shape index (κ3) is 5.68. The molecule has 0 spiro atoms. The van der Waals surface area contributed by atoms with Gasteiger partial charge in [0.1, 0.15) is 12.4 Å². The second-order valence-electron chi connectivity index (χ2n) is 6.09. The summed E-state index contributed by atoms with van der Waals surface area (Å²) in [4.78, 5) is 0. The van der Waals surface area contributed by atoms with Crippen molar-refractivity contribution in [3.8, 4) is 17.2 Å². The maximum Gasteiger partial charge on any atom is 0.216 e. The van der Waals surface area contributed by atoms with E-state index < -0.39 is 0 Å². The lowest BCUT2D eigenvalue weighted by Crippen LogP contribution is -2.04. The largest absolute Gasteiger partial charge is 0.490 e. The summed E-state index contributed by atoms with van der Waals surface area (Å²) in [6, 6.07) is 15.2. The molecule has 29 heavy (non-hydrogen) atoms. The first-order valence-electron chi connectivity index (χ1n) is 9.49. The minimum absolute atomic E-state index is 0.239. The standard InChI is InChI=1S/C21H24N4O3S/c1-3-12-27-18-11-10-16(13-19(18)26-4-2)14-22-25-20(23-24-21(25)29)15-28-17-8-6-5-7-9-17/h5-11,13-14H,3-4,12,15H2,1-2H3,(H,24,29)/b22-14-. The number of hydrogen-bond acceptors (Lipinski definition) is 6. The Kier molecular flexibility index (Phi) is 7.40. The molecule has 0 saturated heterocycles. The maximum absolute atomic E-state index is 5.74. The molecule has 0 fully saturated rings. The van der Waals surface area contributed by atoms with Crippen molar-refractivity contribution in [2.45, 2.75) is 26.9 Å². The first-order valence-corrected chi connectivity index (χ1v) is 9.90. The quantitative estimate of drug-likeness (QED) is 0.389. The summed E-state index contributed by atoms with van der Waals surface area (Å²) >= 11 is 5.29. The Balaban J connectivity index is 1.76. The molecule has 3 rings (SSSR count). The highest BCUT2D eigenvalue weighted by Crippen LogP contribution is 2.28. The van der Waals surface area contributed by atoms with Crippen LogP contribution in [0.2, 0.25) is 0 Å². The molecule has 1 heterocycles. The van der Waals surface area contributed by atoms with Crippen LogP contribution in [0.15, 0.2) is 53.6 Å². The number of nitrogens with one attached hydrogen (secondary N) is 1. The number of ether oxygens (including phenoxy) is 3. The fourth-order valence-electron chi connectivity index (χ4n) is 2.53. The minimum atomic E-state index is 0.239. The molecule has 0 atom stereocenters. The van der Waals surface area contributed by atoms with Crippen molar-refractivity contribution in [2.24, 2.45) is 5.10 Å². The Morgan fingerprint density at radius 1 is 1.07 bits per heavy atom. The number of benzene rings is 2. The molecule has 0 aliphatic rings. The van der Waals surface area contributed by atoms with Gasteiger partial charge in [0.2, 0.25) is 4.77 Å². The molecule has 1 N–H and O–H groups in total. The Hall–Kier alpha value is -3.13. The van der Waals surface area contributed by atoms with Crippen LogP contribution in [0.25, 0.3) is 0 Å². The predicted octanol–water partition coefficient (Wildman–Crippen LogP) is 4.59. The van der Waals surface area contributed by atoms with Gasteiger partial charge in [-0.25, -0.2) is 5.10 Å². The van der Waals surface area contributed by atoms with Crippen molar-refractivity contribution in [3.63, 3.8) is 0 Å². The molecule has 0 radical (unpaired) electrons. The number of aromatic amines is 1. The van der Waals surface area contributed by atoms with Crippen molar-refractivity contribution in [1.82, 2.24) is 14.9 Å². The molecule has 0 aliphatic carbocycles. The summed E-state index contributed by atoms with van der Waals surface area (Å²) in [5.41, 5.74) is 0.857. The third-order valence-corrected chi connectivity index (χ3v) is 4.14. The zero-order valence-electron chi connectivity index (χ0n) is 16.5. The number of para-hydroxylation sites is 1. The minimum Gasteiger partial charge on any atom is -0.490 e. The van der Waals surface area contributed by atoms with E-state index in [0.717, 1.165) is 23.5 Å². The summed E-state index contributed by atoms with van der Waals surface area (Å²) in [6.07, 6.45) is 2.63. The van der Waals surface area contributed by atoms with E-state index in [1.165, 1.54) is 0 Å². The third-order valence-electron chi connectivity index (χ3n) is 3.88. The second-order valence-corrected chi connectivity index (χ2v) is 6.48. The molecule has 0 aliphatic heterocycles. The molecular formula is C21H24N4O3S. The van der Waals surface area contributed by atoms with E-state index in [4.69, 9.17) is 26.4 Å². The summed E-state index contributed by atoms with van der Waals surface area (Å²) in [5.74, 6) is 2.74. The zero-order valence-corrected chi connectivity index (χ0v) is 17.3. The average molecular weight is 413 g/mol. The number of hydrogen-bond donors (Lipinski definition) is 1. The van der Waals surface area contributed by atoms with Crippen molar-refractivity contribution in [1.29, 1.82) is 0 Å². The van der Waals surface area contributed by atoms with Crippen molar-refractivity contribution < 1.29 is 14.2 Å². The van der Waals surface area contributed by atoms with Crippen LogP contribution in [-0.2, 0) is 6.61 Å². The van der Waals surface area contributed by atoms with Gasteiger partial charge in [0, 0.05) is 0 Å². The van der Waals surface area contributed by atoms with Gasteiger partial charge >= 0.3 is 0 Å². The summed E-state index contributed by atoms with van der Waals surface area (Å²) in [6.45, 7) is 5.44. The highest BCUT2D eigenvalue weighted by Gasteiger charge is 2.08. The summed E-state index contributed by atoms with van der Waals surface area (Å²) < 4.78 is 19.1. The topological polar surface area (TPSA) is 73.7 Å². The molecule has 152 valence electrons. The van der Waals surface area contributed by atoms with E-state index in [2.05, 4.69) is 22.2 Å². The Labute approximate surface area is 174 Å². The number of aromatic nitrogens is 3. The lowest BCUT2D eigenvalue weighted by molar-refractivity contribution is 0.277. The van der Waals surface area contributed by atoms with Gasteiger partial charge in [0.05, 0.1) is 19.4 Å². The summed E-state index contributed by atoms with van der Waals surface area (Å²) in [5, 5.41) is 11.4. The normalized spacial score (nSPS) is 11.0. The van der Waals surface area contributed by atoms with Gasteiger partial charge in [0.15, 0.2) is 17.3 Å². The molecule has 0 saturated carbocycles. The Morgan fingerprint density at radius 2 is 1.90 bits per heavy atom. The van der Waals surface area contributed by atoms with Gasteiger partial charge in [-0.2, -0.15) is 14.9 Å². The van der Waals surface area contributed by atoms with Gasteiger partial charge in [-0.3, -0.25) is 0 Å². The van der Waals surface area contributed by atoms with Crippen LogP contribution in [0.4, 0.5) is 0 Å². The molecule has 8 heteroatoms. The van der Waals surface area contributed by atoms with E-state index in [9.17, 15) is 0 Å². The van der Waals surface area contributed by atoms with E-state index >= 15 is 0 Å². The van der Waals surface area contributed by atoms with Crippen LogP contribution in [0.3, 0.4) is 0 Å². The monoisotopic (exact) mass is 412 g/mol. The van der Waals surface area contributed by atoms with Crippen molar-refractivity contribution in [2.75, 3.05) is 13.2 Å². The highest BCUT2D eigenvalue weighted by atomic mass is 32.1. The van der Waals surface area contributed by atoms with Crippen LogP contribution in [0, 0.1) is 4.77 Å². The number of nitrogens with zero attached hydrogens (tertiary/aromatic N) is 3. The van der Waals surface area contributed by atoms with E-state index in [-0.39, 0.29) is 6.61 Å². The molecule has 3 aromatic rings. The predicted molar refractivity (Wildman–Crippen MR) is 115 cm³/mol. The SMILES string of the molecule is CCCOc1ccc(/C=N\n2c(COc3ccccc3)n[nH]c2=S)cc1OCC. The highest BCUT2D eigenvalue weighted by molar-refractivity contribution is 7.71. The number of rotatable bonds is 10. The van der Waals surface area contributed by atoms with Crippen LogP contribution in [-0.4, -0.2) is 34.3 Å². The van der Waals surface area contributed by atoms with Gasteiger partial charge in [-0.15, -0.1) is 0 Å². The molecule has 0 unspecified atom stereocenters. The molecule has 7 nitrogen and oxygen atoms in total. The zero-order chi connectivity index (χ0) is 20.5. The second kappa shape index (κ2) is 10.4. The van der Waals surface area contributed by atoms with E-state index in [1.807, 2.05) is 55.5 Å².